The molecule has 20 heavy (non-hydrogen) atoms. The van der Waals surface area contributed by atoms with Gasteiger partial charge in [-0.3, -0.25) is 9.88 Å². The molecule has 1 saturated heterocycles. The Bertz CT molecular complexity index is 559. The van der Waals surface area contributed by atoms with Crippen molar-refractivity contribution < 1.29 is 4.39 Å². The molecule has 2 aromatic rings. The molecule has 3 nitrogen and oxygen atoms in total. The van der Waals surface area contributed by atoms with Gasteiger partial charge in [-0.1, -0.05) is 12.1 Å². The van der Waals surface area contributed by atoms with Crippen LogP contribution in [0.3, 0.4) is 0 Å². The van der Waals surface area contributed by atoms with Crippen LogP contribution in [0.25, 0.3) is 0 Å². The molecule has 1 N–H and O–H groups in total. The molecular formula is C16H18FN3. The van der Waals surface area contributed by atoms with E-state index in [9.17, 15) is 4.39 Å². The van der Waals surface area contributed by atoms with E-state index >= 15 is 0 Å². The topological polar surface area (TPSA) is 28.2 Å². The Labute approximate surface area is 118 Å². The van der Waals surface area contributed by atoms with Crippen molar-refractivity contribution in [1.29, 1.82) is 0 Å². The molecule has 0 saturated carbocycles. The van der Waals surface area contributed by atoms with Crippen LogP contribution in [0, 0.1) is 5.82 Å². The van der Waals surface area contributed by atoms with E-state index < -0.39 is 0 Å². The average Bonchev–Trinajstić information content (AvgIpc) is 2.49. The van der Waals surface area contributed by atoms with Gasteiger partial charge in [-0.15, -0.1) is 0 Å². The largest absolute Gasteiger partial charge is 0.314 e. The smallest absolute Gasteiger partial charge is 0.123 e. The molecule has 1 aromatic carbocycles. The minimum absolute atomic E-state index is 0.168. The number of nitrogens with zero attached hydrogens (tertiary/aromatic N) is 2. The van der Waals surface area contributed by atoms with Crippen LogP contribution in [-0.4, -0.2) is 29.5 Å². The normalized spacial score (nSPS) is 19.9. The van der Waals surface area contributed by atoms with Crippen LogP contribution in [0.2, 0.25) is 0 Å². The lowest BCUT2D eigenvalue weighted by Gasteiger charge is -2.36. The van der Waals surface area contributed by atoms with Gasteiger partial charge in [-0.05, 0) is 35.4 Å². The van der Waals surface area contributed by atoms with E-state index in [4.69, 9.17) is 0 Å². The summed E-state index contributed by atoms with van der Waals surface area (Å²) in [6.45, 7) is 3.62. The molecular weight excluding hydrogens is 253 g/mol. The van der Waals surface area contributed by atoms with Gasteiger partial charge in [-0.2, -0.15) is 0 Å². The quantitative estimate of drug-likeness (QED) is 0.929. The average molecular weight is 271 g/mol. The Balaban J connectivity index is 1.79. The lowest BCUT2D eigenvalue weighted by molar-refractivity contribution is 0.153. The lowest BCUT2D eigenvalue weighted by atomic mass is 10.0. The lowest BCUT2D eigenvalue weighted by Crippen LogP contribution is -2.45. The number of piperazine rings is 1. The highest BCUT2D eigenvalue weighted by molar-refractivity contribution is 5.20. The fraction of sp³-hybridized carbons (Fsp3) is 0.312. The maximum Gasteiger partial charge on any atom is 0.123 e. The second-order valence-corrected chi connectivity index (χ2v) is 5.10. The summed E-state index contributed by atoms with van der Waals surface area (Å²) in [4.78, 5) is 6.46. The molecule has 1 aliphatic heterocycles. The van der Waals surface area contributed by atoms with E-state index in [0.717, 1.165) is 31.7 Å². The minimum atomic E-state index is -0.168. The summed E-state index contributed by atoms with van der Waals surface area (Å²) in [6, 6.07) is 11.3. The van der Waals surface area contributed by atoms with Crippen molar-refractivity contribution in [2.75, 3.05) is 19.6 Å². The fourth-order valence-corrected chi connectivity index (χ4v) is 2.72. The molecule has 0 spiro atoms. The number of halogens is 1. The van der Waals surface area contributed by atoms with Gasteiger partial charge in [0.1, 0.15) is 5.82 Å². The monoisotopic (exact) mass is 271 g/mol. The van der Waals surface area contributed by atoms with Crippen molar-refractivity contribution in [3.05, 3.63) is 65.7 Å². The second-order valence-electron chi connectivity index (χ2n) is 5.10. The third-order valence-electron chi connectivity index (χ3n) is 3.72. The van der Waals surface area contributed by atoms with Crippen LogP contribution in [0.4, 0.5) is 4.39 Å². The summed E-state index contributed by atoms with van der Waals surface area (Å²) in [5, 5.41) is 3.42. The zero-order valence-electron chi connectivity index (χ0n) is 11.3. The molecule has 0 radical (unpaired) electrons. The highest BCUT2D eigenvalue weighted by Gasteiger charge is 2.23. The van der Waals surface area contributed by atoms with E-state index in [-0.39, 0.29) is 5.82 Å². The highest BCUT2D eigenvalue weighted by atomic mass is 19.1. The first-order chi connectivity index (χ1) is 9.83. The maximum absolute atomic E-state index is 13.3. The van der Waals surface area contributed by atoms with E-state index in [2.05, 4.69) is 27.3 Å². The number of pyridine rings is 1. The van der Waals surface area contributed by atoms with Crippen LogP contribution in [0.15, 0.2) is 48.8 Å². The van der Waals surface area contributed by atoms with E-state index in [1.807, 2.05) is 18.5 Å². The first-order valence-electron chi connectivity index (χ1n) is 6.92. The number of rotatable bonds is 3. The van der Waals surface area contributed by atoms with Crippen molar-refractivity contribution in [1.82, 2.24) is 15.2 Å². The third-order valence-corrected chi connectivity index (χ3v) is 3.72. The van der Waals surface area contributed by atoms with E-state index in [1.54, 1.807) is 12.1 Å². The first-order valence-corrected chi connectivity index (χ1v) is 6.92. The molecule has 0 amide bonds. The Kier molecular flexibility index (Phi) is 4.04. The van der Waals surface area contributed by atoms with Gasteiger partial charge in [0.25, 0.3) is 0 Å². The van der Waals surface area contributed by atoms with Crippen molar-refractivity contribution in [2.24, 2.45) is 0 Å². The van der Waals surface area contributed by atoms with Crippen molar-refractivity contribution in [3.63, 3.8) is 0 Å². The third kappa shape index (κ3) is 3.03. The van der Waals surface area contributed by atoms with Crippen molar-refractivity contribution in [2.45, 2.75) is 12.6 Å². The Morgan fingerprint density at radius 1 is 1.25 bits per heavy atom. The molecule has 1 atom stereocenters. The van der Waals surface area contributed by atoms with Crippen LogP contribution >= 0.6 is 0 Å². The number of hydrogen-bond acceptors (Lipinski definition) is 3. The summed E-state index contributed by atoms with van der Waals surface area (Å²) >= 11 is 0. The summed E-state index contributed by atoms with van der Waals surface area (Å²) < 4.78 is 13.3. The maximum atomic E-state index is 13.3. The Morgan fingerprint density at radius 2 is 2.10 bits per heavy atom. The Morgan fingerprint density at radius 3 is 2.90 bits per heavy atom. The molecule has 1 aliphatic rings. The molecule has 4 heteroatoms. The highest BCUT2D eigenvalue weighted by Crippen LogP contribution is 2.23. The van der Waals surface area contributed by atoms with Gasteiger partial charge in [0.2, 0.25) is 0 Å². The van der Waals surface area contributed by atoms with Gasteiger partial charge < -0.3 is 5.32 Å². The zero-order chi connectivity index (χ0) is 13.8. The fourth-order valence-electron chi connectivity index (χ4n) is 2.72. The van der Waals surface area contributed by atoms with Crippen LogP contribution < -0.4 is 5.32 Å². The molecule has 0 bridgehead atoms. The molecule has 1 aromatic heterocycles. The van der Waals surface area contributed by atoms with Crippen molar-refractivity contribution >= 4 is 0 Å². The van der Waals surface area contributed by atoms with Crippen LogP contribution in [-0.2, 0) is 6.54 Å². The number of benzene rings is 1. The molecule has 1 unspecified atom stereocenters. The number of aromatic nitrogens is 1. The van der Waals surface area contributed by atoms with E-state index in [0.29, 0.717) is 6.04 Å². The first kappa shape index (κ1) is 13.2. The standard InChI is InChI=1S/C16H18FN3/c17-15-3-1-2-13(10-15)12-20-9-8-19-11-16(20)14-4-6-18-7-5-14/h1-7,10,16,19H,8-9,11-12H2. The summed E-state index contributed by atoms with van der Waals surface area (Å²) in [6.07, 6.45) is 3.65. The summed E-state index contributed by atoms with van der Waals surface area (Å²) in [7, 11) is 0. The van der Waals surface area contributed by atoms with Gasteiger partial charge in [0.15, 0.2) is 0 Å². The minimum Gasteiger partial charge on any atom is -0.314 e. The predicted octanol–water partition coefficient (Wildman–Crippen LogP) is 2.37. The van der Waals surface area contributed by atoms with Crippen LogP contribution in [0.1, 0.15) is 17.2 Å². The molecule has 3 rings (SSSR count). The second kappa shape index (κ2) is 6.11. The van der Waals surface area contributed by atoms with Crippen molar-refractivity contribution in [3.8, 4) is 0 Å². The van der Waals surface area contributed by atoms with Gasteiger partial charge >= 0.3 is 0 Å². The molecule has 2 heterocycles. The number of hydrogen-bond donors (Lipinski definition) is 1. The SMILES string of the molecule is Fc1cccc(CN2CCNCC2c2ccncc2)c1. The van der Waals surface area contributed by atoms with Gasteiger partial charge in [0.05, 0.1) is 0 Å². The summed E-state index contributed by atoms with van der Waals surface area (Å²) in [5.41, 5.74) is 2.27. The molecule has 104 valence electrons. The van der Waals surface area contributed by atoms with Gasteiger partial charge in [0, 0.05) is 44.6 Å². The summed E-state index contributed by atoms with van der Waals surface area (Å²) in [5.74, 6) is -0.168. The Hall–Kier alpha value is -1.78. The molecule has 1 fully saturated rings. The van der Waals surface area contributed by atoms with Crippen LogP contribution in [0.5, 0.6) is 0 Å². The predicted molar refractivity (Wildman–Crippen MR) is 76.7 cm³/mol. The molecule has 0 aliphatic carbocycles. The number of nitrogens with one attached hydrogen (secondary N) is 1. The van der Waals surface area contributed by atoms with E-state index in [1.165, 1.54) is 11.6 Å². The van der Waals surface area contributed by atoms with Gasteiger partial charge in [-0.25, -0.2) is 4.39 Å². The zero-order valence-corrected chi connectivity index (χ0v) is 11.3.